The van der Waals surface area contributed by atoms with Crippen LogP contribution in [0.2, 0.25) is 0 Å². The first-order chi connectivity index (χ1) is 14.5. The van der Waals surface area contributed by atoms with E-state index in [1.165, 1.54) is 11.6 Å². The number of nitrogens with one attached hydrogen (secondary N) is 1. The summed E-state index contributed by atoms with van der Waals surface area (Å²) in [6, 6.07) is 15.2. The van der Waals surface area contributed by atoms with E-state index in [0.29, 0.717) is 17.7 Å². The lowest BCUT2D eigenvalue weighted by Gasteiger charge is -2.34. The first-order valence-corrected chi connectivity index (χ1v) is 10.6. The minimum Gasteiger partial charge on any atom is -0.352 e. The Hall–Kier alpha value is -2.77. The van der Waals surface area contributed by atoms with E-state index in [2.05, 4.69) is 45.4 Å². The van der Waals surface area contributed by atoms with Crippen LogP contribution in [0, 0.1) is 17.0 Å². The van der Waals surface area contributed by atoms with Gasteiger partial charge in [-0.2, -0.15) is 0 Å². The zero-order valence-corrected chi connectivity index (χ0v) is 17.5. The predicted molar refractivity (Wildman–Crippen MR) is 118 cm³/mol. The maximum absolute atomic E-state index is 12.3. The van der Waals surface area contributed by atoms with Gasteiger partial charge in [0.25, 0.3) is 11.6 Å². The highest BCUT2D eigenvalue weighted by Crippen LogP contribution is 2.20. The lowest BCUT2D eigenvalue weighted by atomic mass is 10.1. The molecule has 0 aromatic heterocycles. The Morgan fingerprint density at radius 3 is 2.40 bits per heavy atom. The smallest absolute Gasteiger partial charge is 0.273 e. The van der Waals surface area contributed by atoms with Crippen molar-refractivity contribution in [2.24, 2.45) is 0 Å². The highest BCUT2D eigenvalue weighted by molar-refractivity contribution is 5.96. The summed E-state index contributed by atoms with van der Waals surface area (Å²) >= 11 is 0. The summed E-state index contributed by atoms with van der Waals surface area (Å²) in [5.41, 5.74) is 2.13. The molecule has 1 aliphatic rings. The van der Waals surface area contributed by atoms with Crippen molar-refractivity contribution in [1.82, 2.24) is 15.1 Å². The van der Waals surface area contributed by atoms with Crippen molar-refractivity contribution in [2.75, 3.05) is 39.3 Å². The molecule has 7 heteroatoms. The summed E-state index contributed by atoms with van der Waals surface area (Å²) < 4.78 is 0. The van der Waals surface area contributed by atoms with Crippen LogP contribution in [0.3, 0.4) is 0 Å². The van der Waals surface area contributed by atoms with Gasteiger partial charge in [-0.05, 0) is 37.9 Å². The molecule has 1 saturated heterocycles. The predicted octanol–water partition coefficient (Wildman–Crippen LogP) is 3.23. The first kappa shape index (κ1) is 21.9. The largest absolute Gasteiger partial charge is 0.352 e. The molecule has 160 valence electrons. The van der Waals surface area contributed by atoms with Gasteiger partial charge in [-0.15, -0.1) is 0 Å². The quantitative estimate of drug-likeness (QED) is 0.390. The van der Waals surface area contributed by atoms with Crippen LogP contribution in [0.15, 0.2) is 48.5 Å². The van der Waals surface area contributed by atoms with Crippen LogP contribution in [-0.2, 0) is 6.54 Å². The van der Waals surface area contributed by atoms with Crippen molar-refractivity contribution in [2.45, 2.75) is 26.3 Å². The van der Waals surface area contributed by atoms with Gasteiger partial charge in [-0.1, -0.05) is 36.4 Å². The number of nitro benzene ring substituents is 1. The molecule has 0 aliphatic carbocycles. The second kappa shape index (κ2) is 10.8. The summed E-state index contributed by atoms with van der Waals surface area (Å²) in [6.07, 6.45) is 1.91. The van der Waals surface area contributed by atoms with Crippen LogP contribution < -0.4 is 5.32 Å². The third-order valence-corrected chi connectivity index (χ3v) is 5.65. The number of hydrogen-bond acceptors (Lipinski definition) is 5. The molecule has 2 aromatic carbocycles. The molecule has 7 nitrogen and oxygen atoms in total. The molecule has 0 radical (unpaired) electrons. The van der Waals surface area contributed by atoms with E-state index in [-0.39, 0.29) is 11.6 Å². The molecule has 0 saturated carbocycles. The van der Waals surface area contributed by atoms with Gasteiger partial charge >= 0.3 is 0 Å². The summed E-state index contributed by atoms with van der Waals surface area (Å²) in [5, 5.41) is 13.9. The highest BCUT2D eigenvalue weighted by Gasteiger charge is 2.18. The number of piperazine rings is 1. The number of unbranched alkanes of at least 4 members (excludes halogenated alkanes) is 1. The van der Waals surface area contributed by atoms with Crippen molar-refractivity contribution in [3.05, 3.63) is 75.3 Å². The van der Waals surface area contributed by atoms with Gasteiger partial charge in [-0.25, -0.2) is 0 Å². The SMILES string of the molecule is Cc1c(C(=O)NCCCCN2CCN(Cc3ccccc3)CC2)cccc1[N+](=O)[O-]. The van der Waals surface area contributed by atoms with Gasteiger partial charge in [0.15, 0.2) is 0 Å². The molecule has 2 aromatic rings. The summed E-state index contributed by atoms with van der Waals surface area (Å²) in [5.74, 6) is -0.245. The summed E-state index contributed by atoms with van der Waals surface area (Å²) in [7, 11) is 0. The van der Waals surface area contributed by atoms with Gasteiger partial charge in [0, 0.05) is 56.5 Å². The topological polar surface area (TPSA) is 78.7 Å². The molecule has 30 heavy (non-hydrogen) atoms. The Kier molecular flexibility index (Phi) is 7.93. The van der Waals surface area contributed by atoms with Crippen molar-refractivity contribution >= 4 is 11.6 Å². The number of hydrogen-bond donors (Lipinski definition) is 1. The average molecular weight is 411 g/mol. The minimum atomic E-state index is -0.453. The van der Waals surface area contributed by atoms with Crippen molar-refractivity contribution < 1.29 is 9.72 Å². The number of nitro groups is 1. The third-order valence-electron chi connectivity index (χ3n) is 5.65. The van der Waals surface area contributed by atoms with E-state index in [1.54, 1.807) is 19.1 Å². The lowest BCUT2D eigenvalue weighted by Crippen LogP contribution is -2.46. The molecule has 1 heterocycles. The van der Waals surface area contributed by atoms with E-state index < -0.39 is 4.92 Å². The Bertz CT molecular complexity index is 849. The second-order valence-corrected chi connectivity index (χ2v) is 7.77. The molecule has 1 N–H and O–H groups in total. The van der Waals surface area contributed by atoms with Gasteiger partial charge in [0.05, 0.1) is 4.92 Å². The van der Waals surface area contributed by atoms with Crippen LogP contribution in [0.5, 0.6) is 0 Å². The van der Waals surface area contributed by atoms with Crippen molar-refractivity contribution in [3.8, 4) is 0 Å². The van der Waals surface area contributed by atoms with Crippen LogP contribution in [0.25, 0.3) is 0 Å². The van der Waals surface area contributed by atoms with E-state index in [0.717, 1.165) is 52.1 Å². The molecule has 0 atom stereocenters. The van der Waals surface area contributed by atoms with Crippen molar-refractivity contribution in [1.29, 1.82) is 0 Å². The number of benzene rings is 2. The van der Waals surface area contributed by atoms with Crippen LogP contribution >= 0.6 is 0 Å². The molecule has 3 rings (SSSR count). The molecule has 0 unspecified atom stereocenters. The standard InChI is InChI=1S/C23H30N4O3/c1-19-21(10-7-11-22(19)27(29)30)23(28)24-12-5-6-13-25-14-16-26(17-15-25)18-20-8-3-2-4-9-20/h2-4,7-11H,5-6,12-18H2,1H3,(H,24,28). The zero-order chi connectivity index (χ0) is 21.3. The van der Waals surface area contributed by atoms with Crippen LogP contribution in [0.4, 0.5) is 5.69 Å². The maximum atomic E-state index is 12.3. The Morgan fingerprint density at radius 2 is 1.70 bits per heavy atom. The fourth-order valence-electron chi connectivity index (χ4n) is 3.84. The van der Waals surface area contributed by atoms with Gasteiger partial charge in [-0.3, -0.25) is 19.8 Å². The monoisotopic (exact) mass is 410 g/mol. The minimum absolute atomic E-state index is 0.0194. The first-order valence-electron chi connectivity index (χ1n) is 10.6. The molecule has 1 aliphatic heterocycles. The van der Waals surface area contributed by atoms with E-state index >= 15 is 0 Å². The van der Waals surface area contributed by atoms with Crippen LogP contribution in [0.1, 0.15) is 34.3 Å². The Balaban J connectivity index is 1.32. The molecule has 1 fully saturated rings. The molecular weight excluding hydrogens is 380 g/mol. The number of amides is 1. The number of carbonyl (C=O) groups excluding carboxylic acids is 1. The van der Waals surface area contributed by atoms with E-state index in [1.807, 2.05) is 0 Å². The fraction of sp³-hybridized carbons (Fsp3) is 0.435. The van der Waals surface area contributed by atoms with E-state index in [9.17, 15) is 14.9 Å². The van der Waals surface area contributed by atoms with Gasteiger partial charge in [0.1, 0.15) is 0 Å². The fourth-order valence-corrected chi connectivity index (χ4v) is 3.84. The molecule has 0 spiro atoms. The summed E-state index contributed by atoms with van der Waals surface area (Å²) in [4.78, 5) is 27.9. The Labute approximate surface area is 177 Å². The molecule has 1 amide bonds. The lowest BCUT2D eigenvalue weighted by molar-refractivity contribution is -0.385. The van der Waals surface area contributed by atoms with Gasteiger partial charge < -0.3 is 10.2 Å². The second-order valence-electron chi connectivity index (χ2n) is 7.77. The van der Waals surface area contributed by atoms with E-state index in [4.69, 9.17) is 0 Å². The zero-order valence-electron chi connectivity index (χ0n) is 17.5. The molecule has 0 bridgehead atoms. The number of carbonyl (C=O) groups is 1. The normalized spacial score (nSPS) is 15.1. The maximum Gasteiger partial charge on any atom is 0.273 e. The van der Waals surface area contributed by atoms with Crippen LogP contribution in [-0.4, -0.2) is 59.9 Å². The third kappa shape index (κ3) is 6.11. The van der Waals surface area contributed by atoms with Gasteiger partial charge in [0.2, 0.25) is 0 Å². The average Bonchev–Trinajstić information content (AvgIpc) is 2.75. The number of nitrogens with zero attached hydrogens (tertiary/aromatic N) is 3. The number of rotatable bonds is 9. The Morgan fingerprint density at radius 1 is 1.00 bits per heavy atom. The summed E-state index contributed by atoms with van der Waals surface area (Å²) in [6.45, 7) is 8.55. The highest BCUT2D eigenvalue weighted by atomic mass is 16.6. The molecular formula is C23H30N4O3. The van der Waals surface area contributed by atoms with Crippen molar-refractivity contribution in [3.63, 3.8) is 0 Å².